The Morgan fingerprint density at radius 2 is 2.15 bits per heavy atom. The summed E-state index contributed by atoms with van der Waals surface area (Å²) >= 11 is 3.13. The zero-order valence-corrected chi connectivity index (χ0v) is 12.4. The van der Waals surface area contributed by atoms with Crippen molar-refractivity contribution in [2.75, 3.05) is 11.9 Å². The molecule has 1 saturated heterocycles. The van der Waals surface area contributed by atoms with Crippen molar-refractivity contribution in [1.29, 1.82) is 0 Å². The standard InChI is InChI=1S/C13H15BrF3NO2/c1-8-2-4-10(19-8)7-18-11-5-3-9(14)6-12(11)20-13(15,16)17/h3,5-6,8,10,18H,2,4,7H2,1H3. The van der Waals surface area contributed by atoms with Crippen molar-refractivity contribution in [3.63, 3.8) is 0 Å². The number of alkyl halides is 3. The van der Waals surface area contributed by atoms with Crippen LogP contribution in [-0.4, -0.2) is 25.1 Å². The Morgan fingerprint density at radius 1 is 1.40 bits per heavy atom. The van der Waals surface area contributed by atoms with Crippen LogP contribution >= 0.6 is 15.9 Å². The summed E-state index contributed by atoms with van der Waals surface area (Å²) in [7, 11) is 0. The maximum atomic E-state index is 12.4. The molecule has 0 aromatic heterocycles. The highest BCUT2D eigenvalue weighted by Gasteiger charge is 2.32. The number of nitrogens with one attached hydrogen (secondary N) is 1. The number of rotatable bonds is 4. The number of anilines is 1. The first-order chi connectivity index (χ1) is 9.33. The van der Waals surface area contributed by atoms with Gasteiger partial charge in [-0.05, 0) is 38.0 Å². The van der Waals surface area contributed by atoms with Crippen molar-refractivity contribution in [2.45, 2.75) is 38.3 Å². The van der Waals surface area contributed by atoms with E-state index in [2.05, 4.69) is 26.0 Å². The second-order valence-corrected chi connectivity index (χ2v) is 5.63. The number of halogens is 4. The highest BCUT2D eigenvalue weighted by molar-refractivity contribution is 9.10. The van der Waals surface area contributed by atoms with Crippen LogP contribution in [0.2, 0.25) is 0 Å². The summed E-state index contributed by atoms with van der Waals surface area (Å²) < 4.78 is 47.2. The quantitative estimate of drug-likeness (QED) is 0.873. The molecular weight excluding hydrogens is 339 g/mol. The summed E-state index contributed by atoms with van der Waals surface area (Å²) in [5, 5.41) is 2.95. The first-order valence-corrected chi connectivity index (χ1v) is 7.07. The van der Waals surface area contributed by atoms with E-state index in [0.29, 0.717) is 16.7 Å². The molecule has 1 heterocycles. The number of ether oxygens (including phenoxy) is 2. The van der Waals surface area contributed by atoms with Crippen LogP contribution in [0.25, 0.3) is 0 Å². The first-order valence-electron chi connectivity index (χ1n) is 6.28. The summed E-state index contributed by atoms with van der Waals surface area (Å²) in [6.07, 6.45) is -2.61. The van der Waals surface area contributed by atoms with E-state index in [9.17, 15) is 13.2 Å². The summed E-state index contributed by atoms with van der Waals surface area (Å²) in [6.45, 7) is 2.44. The predicted octanol–water partition coefficient (Wildman–Crippen LogP) is 4.33. The largest absolute Gasteiger partial charge is 0.573 e. The van der Waals surface area contributed by atoms with Gasteiger partial charge in [-0.3, -0.25) is 0 Å². The van der Waals surface area contributed by atoms with E-state index in [1.807, 2.05) is 6.92 Å². The van der Waals surface area contributed by atoms with E-state index in [4.69, 9.17) is 4.74 Å². The maximum Gasteiger partial charge on any atom is 0.573 e. The van der Waals surface area contributed by atoms with Crippen molar-refractivity contribution in [1.82, 2.24) is 0 Å². The first kappa shape index (κ1) is 15.4. The molecule has 3 nitrogen and oxygen atoms in total. The van der Waals surface area contributed by atoms with Gasteiger partial charge in [-0.2, -0.15) is 0 Å². The fourth-order valence-electron chi connectivity index (χ4n) is 2.11. The highest BCUT2D eigenvalue weighted by Crippen LogP contribution is 2.33. The predicted molar refractivity (Wildman–Crippen MR) is 72.9 cm³/mol. The maximum absolute atomic E-state index is 12.4. The van der Waals surface area contributed by atoms with Gasteiger partial charge in [0.1, 0.15) is 0 Å². The van der Waals surface area contributed by atoms with Gasteiger partial charge in [0.15, 0.2) is 5.75 Å². The van der Waals surface area contributed by atoms with Crippen LogP contribution < -0.4 is 10.1 Å². The third kappa shape index (κ3) is 4.56. The van der Waals surface area contributed by atoms with Gasteiger partial charge in [-0.1, -0.05) is 15.9 Å². The average Bonchev–Trinajstić information content (AvgIpc) is 2.72. The van der Waals surface area contributed by atoms with Gasteiger partial charge in [0.2, 0.25) is 0 Å². The van der Waals surface area contributed by atoms with Gasteiger partial charge >= 0.3 is 6.36 Å². The van der Waals surface area contributed by atoms with Gasteiger partial charge in [-0.25, -0.2) is 0 Å². The molecule has 1 aromatic carbocycles. The van der Waals surface area contributed by atoms with Crippen LogP contribution in [0, 0.1) is 0 Å². The second-order valence-electron chi connectivity index (χ2n) is 4.72. The Labute approximate surface area is 123 Å². The van der Waals surface area contributed by atoms with Crippen molar-refractivity contribution in [2.24, 2.45) is 0 Å². The van der Waals surface area contributed by atoms with Gasteiger partial charge < -0.3 is 14.8 Å². The van der Waals surface area contributed by atoms with Gasteiger partial charge in [0, 0.05) is 11.0 Å². The Morgan fingerprint density at radius 3 is 2.75 bits per heavy atom. The van der Waals surface area contributed by atoms with Crippen LogP contribution in [0.3, 0.4) is 0 Å². The highest BCUT2D eigenvalue weighted by atomic mass is 79.9. The molecule has 2 unspecified atom stereocenters. The lowest BCUT2D eigenvalue weighted by Crippen LogP contribution is -2.22. The molecular formula is C13H15BrF3NO2. The van der Waals surface area contributed by atoms with Crippen LogP contribution in [0.1, 0.15) is 19.8 Å². The van der Waals surface area contributed by atoms with Crippen molar-refractivity contribution in [3.05, 3.63) is 22.7 Å². The lowest BCUT2D eigenvalue weighted by Gasteiger charge is -2.17. The summed E-state index contributed by atoms with van der Waals surface area (Å²) in [6, 6.07) is 4.49. The molecule has 2 atom stereocenters. The minimum Gasteiger partial charge on any atom is -0.404 e. The van der Waals surface area contributed by atoms with E-state index in [-0.39, 0.29) is 18.0 Å². The fraction of sp³-hybridized carbons (Fsp3) is 0.538. The zero-order valence-electron chi connectivity index (χ0n) is 10.8. The number of hydrogen-bond donors (Lipinski definition) is 1. The van der Waals surface area contributed by atoms with E-state index >= 15 is 0 Å². The summed E-state index contributed by atoms with van der Waals surface area (Å²) in [4.78, 5) is 0. The van der Waals surface area contributed by atoms with E-state index in [1.165, 1.54) is 6.07 Å². The van der Waals surface area contributed by atoms with Crippen molar-refractivity contribution in [3.8, 4) is 5.75 Å². The summed E-state index contributed by atoms with van der Waals surface area (Å²) in [5.74, 6) is -0.252. The summed E-state index contributed by atoms with van der Waals surface area (Å²) in [5.41, 5.74) is 0.300. The molecule has 0 spiro atoms. The van der Waals surface area contributed by atoms with E-state index in [0.717, 1.165) is 12.8 Å². The Balaban J connectivity index is 2.03. The van der Waals surface area contributed by atoms with Crippen molar-refractivity contribution < 1.29 is 22.6 Å². The van der Waals surface area contributed by atoms with Crippen LogP contribution in [0.4, 0.5) is 18.9 Å². The van der Waals surface area contributed by atoms with E-state index in [1.54, 1.807) is 12.1 Å². The molecule has 7 heteroatoms. The smallest absolute Gasteiger partial charge is 0.404 e. The topological polar surface area (TPSA) is 30.5 Å². The molecule has 0 bridgehead atoms. The zero-order chi connectivity index (χ0) is 14.8. The Kier molecular flexibility index (Phi) is 4.80. The normalized spacial score (nSPS) is 22.9. The Bertz CT molecular complexity index is 467. The van der Waals surface area contributed by atoms with Crippen LogP contribution in [0.5, 0.6) is 5.75 Å². The molecule has 20 heavy (non-hydrogen) atoms. The molecule has 1 aliphatic rings. The number of benzene rings is 1. The molecule has 112 valence electrons. The minimum atomic E-state index is -4.71. The molecule has 0 amide bonds. The molecule has 1 aliphatic heterocycles. The monoisotopic (exact) mass is 353 g/mol. The molecule has 0 aliphatic carbocycles. The van der Waals surface area contributed by atoms with Gasteiger partial charge in [0.25, 0.3) is 0 Å². The lowest BCUT2D eigenvalue weighted by atomic mass is 10.2. The van der Waals surface area contributed by atoms with Crippen LogP contribution in [-0.2, 0) is 4.74 Å². The molecule has 0 radical (unpaired) electrons. The van der Waals surface area contributed by atoms with Gasteiger partial charge in [-0.15, -0.1) is 13.2 Å². The third-order valence-corrected chi connectivity index (χ3v) is 3.50. The molecule has 1 N–H and O–H groups in total. The average molecular weight is 354 g/mol. The molecule has 1 fully saturated rings. The van der Waals surface area contributed by atoms with Gasteiger partial charge in [0.05, 0.1) is 17.9 Å². The Hall–Kier alpha value is -0.950. The van der Waals surface area contributed by atoms with Crippen molar-refractivity contribution >= 4 is 21.6 Å². The lowest BCUT2D eigenvalue weighted by molar-refractivity contribution is -0.274. The number of hydrogen-bond acceptors (Lipinski definition) is 3. The fourth-order valence-corrected chi connectivity index (χ4v) is 2.45. The third-order valence-electron chi connectivity index (χ3n) is 3.01. The van der Waals surface area contributed by atoms with E-state index < -0.39 is 6.36 Å². The van der Waals surface area contributed by atoms with Crippen LogP contribution in [0.15, 0.2) is 22.7 Å². The SMILES string of the molecule is CC1CCC(CNc2ccc(Br)cc2OC(F)(F)F)O1. The molecule has 2 rings (SSSR count). The molecule has 0 saturated carbocycles. The minimum absolute atomic E-state index is 0.0207. The molecule has 1 aromatic rings. The second kappa shape index (κ2) is 6.22.